The Morgan fingerprint density at radius 2 is 1.67 bits per heavy atom. The fourth-order valence-electron chi connectivity index (χ4n) is 2.32. The molecule has 1 amide bonds. The van der Waals surface area contributed by atoms with Crippen LogP contribution in [-0.2, 0) is 14.8 Å². The van der Waals surface area contributed by atoms with Gasteiger partial charge in [-0.05, 0) is 37.6 Å². The van der Waals surface area contributed by atoms with Crippen LogP contribution in [0.2, 0.25) is 0 Å². The molecule has 0 aliphatic rings. The van der Waals surface area contributed by atoms with Crippen LogP contribution < -0.4 is 9.62 Å². The number of hydrogen-bond acceptors (Lipinski definition) is 3. The smallest absolute Gasteiger partial charge is 0.232 e. The molecule has 0 saturated heterocycles. The highest BCUT2D eigenvalue weighted by molar-refractivity contribution is 7.92. The van der Waals surface area contributed by atoms with Gasteiger partial charge in [0.1, 0.15) is 0 Å². The number of para-hydroxylation sites is 1. The van der Waals surface area contributed by atoms with Crippen molar-refractivity contribution in [3.8, 4) is 0 Å². The van der Waals surface area contributed by atoms with E-state index in [1.165, 1.54) is 10.6 Å². The molecule has 1 N–H and O–H groups in total. The lowest BCUT2D eigenvalue weighted by Crippen LogP contribution is -2.31. The van der Waals surface area contributed by atoms with Crippen LogP contribution in [0.25, 0.3) is 0 Å². The Labute approximate surface area is 143 Å². The zero-order chi connectivity index (χ0) is 17.6. The molecule has 0 unspecified atom stereocenters. The molecule has 2 aromatic rings. The number of sulfonamides is 1. The van der Waals surface area contributed by atoms with Gasteiger partial charge < -0.3 is 5.32 Å². The molecular weight excluding hydrogens is 324 g/mol. The molecule has 2 rings (SSSR count). The summed E-state index contributed by atoms with van der Waals surface area (Å²) in [5, 5.41) is 2.81. The SMILES string of the molecule is Cc1ccc(NC(=O)CCCN(c2ccccc2)S(C)(=O)=O)cc1. The number of benzene rings is 2. The molecular formula is C18H22N2O3S. The first-order valence-corrected chi connectivity index (χ1v) is 9.60. The molecule has 0 saturated carbocycles. The van der Waals surface area contributed by atoms with E-state index in [4.69, 9.17) is 0 Å². The zero-order valence-electron chi connectivity index (χ0n) is 13.9. The van der Waals surface area contributed by atoms with E-state index in [1.807, 2.05) is 37.3 Å². The second-order valence-corrected chi connectivity index (χ2v) is 7.60. The maximum absolute atomic E-state index is 12.0. The Morgan fingerprint density at radius 3 is 2.25 bits per heavy atom. The number of rotatable bonds is 7. The summed E-state index contributed by atoms with van der Waals surface area (Å²) in [5.74, 6) is -0.125. The first-order valence-electron chi connectivity index (χ1n) is 7.75. The number of anilines is 2. The van der Waals surface area contributed by atoms with Gasteiger partial charge in [-0.25, -0.2) is 8.42 Å². The number of carbonyl (C=O) groups excluding carboxylic acids is 1. The highest BCUT2D eigenvalue weighted by Crippen LogP contribution is 2.17. The second kappa shape index (κ2) is 7.97. The van der Waals surface area contributed by atoms with Crippen LogP contribution in [0.5, 0.6) is 0 Å². The molecule has 0 atom stereocenters. The third-order valence-electron chi connectivity index (χ3n) is 3.54. The number of nitrogens with one attached hydrogen (secondary N) is 1. The number of amides is 1. The topological polar surface area (TPSA) is 66.5 Å². The van der Waals surface area contributed by atoms with Crippen LogP contribution in [0.1, 0.15) is 18.4 Å². The Balaban J connectivity index is 1.91. The predicted molar refractivity (Wildman–Crippen MR) is 97.7 cm³/mol. The molecule has 2 aromatic carbocycles. The average molecular weight is 346 g/mol. The maximum atomic E-state index is 12.0. The highest BCUT2D eigenvalue weighted by Gasteiger charge is 2.17. The summed E-state index contributed by atoms with van der Waals surface area (Å²) in [7, 11) is -3.38. The van der Waals surface area contributed by atoms with Crippen LogP contribution in [0.3, 0.4) is 0 Å². The van der Waals surface area contributed by atoms with Crippen molar-refractivity contribution in [3.63, 3.8) is 0 Å². The number of hydrogen-bond donors (Lipinski definition) is 1. The molecule has 5 nitrogen and oxygen atoms in total. The van der Waals surface area contributed by atoms with Crippen LogP contribution >= 0.6 is 0 Å². The minimum absolute atomic E-state index is 0.125. The van der Waals surface area contributed by atoms with Crippen molar-refractivity contribution < 1.29 is 13.2 Å². The predicted octanol–water partition coefficient (Wildman–Crippen LogP) is 3.18. The van der Waals surface area contributed by atoms with Gasteiger partial charge in [0.15, 0.2) is 0 Å². The minimum atomic E-state index is -3.38. The first-order chi connectivity index (χ1) is 11.4. The van der Waals surface area contributed by atoms with Gasteiger partial charge >= 0.3 is 0 Å². The monoisotopic (exact) mass is 346 g/mol. The Morgan fingerprint density at radius 1 is 1.04 bits per heavy atom. The van der Waals surface area contributed by atoms with Gasteiger partial charge in [0, 0.05) is 18.7 Å². The van der Waals surface area contributed by atoms with E-state index in [0.717, 1.165) is 11.3 Å². The molecule has 0 aliphatic heterocycles. The summed E-state index contributed by atoms with van der Waals surface area (Å²) < 4.78 is 25.2. The molecule has 6 heteroatoms. The zero-order valence-corrected chi connectivity index (χ0v) is 14.7. The van der Waals surface area contributed by atoms with Crippen molar-refractivity contribution >= 4 is 27.3 Å². The van der Waals surface area contributed by atoms with E-state index in [9.17, 15) is 13.2 Å². The molecule has 0 radical (unpaired) electrons. The fourth-order valence-corrected chi connectivity index (χ4v) is 3.29. The third kappa shape index (κ3) is 5.38. The third-order valence-corrected chi connectivity index (χ3v) is 4.74. The molecule has 0 bridgehead atoms. The van der Waals surface area contributed by atoms with E-state index >= 15 is 0 Å². The quantitative estimate of drug-likeness (QED) is 0.837. The summed E-state index contributed by atoms with van der Waals surface area (Å²) in [5.41, 5.74) is 2.48. The van der Waals surface area contributed by atoms with E-state index in [2.05, 4.69) is 5.32 Å². The highest BCUT2D eigenvalue weighted by atomic mass is 32.2. The summed E-state index contributed by atoms with van der Waals surface area (Å²) in [4.78, 5) is 12.0. The van der Waals surface area contributed by atoms with Crippen molar-refractivity contribution in [2.45, 2.75) is 19.8 Å². The molecule has 0 aliphatic carbocycles. The molecule has 0 fully saturated rings. The first kappa shape index (κ1) is 18.0. The van der Waals surface area contributed by atoms with Crippen LogP contribution in [-0.4, -0.2) is 27.1 Å². The Bertz CT molecular complexity index is 772. The van der Waals surface area contributed by atoms with Crippen molar-refractivity contribution in [1.29, 1.82) is 0 Å². The minimum Gasteiger partial charge on any atom is -0.326 e. The lowest BCUT2D eigenvalue weighted by molar-refractivity contribution is -0.116. The van der Waals surface area contributed by atoms with Gasteiger partial charge in [0.2, 0.25) is 15.9 Å². The number of carbonyl (C=O) groups is 1. The van der Waals surface area contributed by atoms with Crippen molar-refractivity contribution in [2.75, 3.05) is 22.4 Å². The van der Waals surface area contributed by atoms with E-state index in [0.29, 0.717) is 12.1 Å². The van der Waals surface area contributed by atoms with Crippen molar-refractivity contribution in [1.82, 2.24) is 0 Å². The molecule has 128 valence electrons. The summed E-state index contributed by atoms with van der Waals surface area (Å²) in [6.45, 7) is 2.25. The van der Waals surface area contributed by atoms with Crippen LogP contribution in [0, 0.1) is 6.92 Å². The van der Waals surface area contributed by atoms with E-state index < -0.39 is 10.0 Å². The maximum Gasteiger partial charge on any atom is 0.232 e. The Kier molecular flexibility index (Phi) is 5.98. The van der Waals surface area contributed by atoms with E-state index in [1.54, 1.807) is 24.3 Å². The van der Waals surface area contributed by atoms with Gasteiger partial charge in [0.05, 0.1) is 11.9 Å². The van der Waals surface area contributed by atoms with Gasteiger partial charge in [-0.1, -0.05) is 35.9 Å². The molecule has 0 heterocycles. The summed E-state index contributed by atoms with van der Waals surface area (Å²) in [6, 6.07) is 16.4. The van der Waals surface area contributed by atoms with E-state index in [-0.39, 0.29) is 18.9 Å². The lowest BCUT2D eigenvalue weighted by atomic mass is 10.2. The number of aryl methyl sites for hydroxylation is 1. The van der Waals surface area contributed by atoms with Gasteiger partial charge in [-0.2, -0.15) is 0 Å². The Hall–Kier alpha value is -2.34. The summed E-state index contributed by atoms with van der Waals surface area (Å²) >= 11 is 0. The number of nitrogens with zero attached hydrogens (tertiary/aromatic N) is 1. The average Bonchev–Trinajstić information content (AvgIpc) is 2.53. The molecule has 0 aromatic heterocycles. The second-order valence-electron chi connectivity index (χ2n) is 5.69. The van der Waals surface area contributed by atoms with Crippen molar-refractivity contribution in [3.05, 3.63) is 60.2 Å². The summed E-state index contributed by atoms with van der Waals surface area (Å²) in [6.07, 6.45) is 1.87. The van der Waals surface area contributed by atoms with Gasteiger partial charge in [-0.3, -0.25) is 9.10 Å². The normalized spacial score (nSPS) is 11.1. The molecule has 24 heavy (non-hydrogen) atoms. The fraction of sp³-hybridized carbons (Fsp3) is 0.278. The molecule has 0 spiro atoms. The van der Waals surface area contributed by atoms with Gasteiger partial charge in [0.25, 0.3) is 0 Å². The largest absolute Gasteiger partial charge is 0.326 e. The lowest BCUT2D eigenvalue weighted by Gasteiger charge is -2.22. The van der Waals surface area contributed by atoms with Gasteiger partial charge in [-0.15, -0.1) is 0 Å². The van der Waals surface area contributed by atoms with Crippen LogP contribution in [0.4, 0.5) is 11.4 Å². The van der Waals surface area contributed by atoms with Crippen LogP contribution in [0.15, 0.2) is 54.6 Å². The standard InChI is InChI=1S/C18H22N2O3S/c1-15-10-12-16(13-11-15)19-18(21)9-6-14-20(24(2,22)23)17-7-4-3-5-8-17/h3-5,7-8,10-13H,6,9,14H2,1-2H3,(H,19,21). The van der Waals surface area contributed by atoms with Crippen molar-refractivity contribution in [2.24, 2.45) is 0 Å².